The van der Waals surface area contributed by atoms with Crippen LogP contribution in [0.5, 0.6) is 5.75 Å². The second-order valence-corrected chi connectivity index (χ2v) is 8.02. The molecule has 0 saturated carbocycles. The predicted molar refractivity (Wildman–Crippen MR) is 124 cm³/mol. The highest BCUT2D eigenvalue weighted by Gasteiger charge is 2.20. The molecule has 1 fully saturated rings. The molecule has 1 aromatic carbocycles. The van der Waals surface area contributed by atoms with Gasteiger partial charge in [0.05, 0.1) is 19.3 Å². The Labute approximate surface area is 189 Å². The first-order chi connectivity index (χ1) is 15.7. The van der Waals surface area contributed by atoms with Crippen molar-refractivity contribution in [3.63, 3.8) is 0 Å². The van der Waals surface area contributed by atoms with E-state index in [-0.39, 0.29) is 5.91 Å². The zero-order chi connectivity index (χ0) is 22.3. The molecule has 0 spiro atoms. The van der Waals surface area contributed by atoms with Crippen molar-refractivity contribution in [3.8, 4) is 16.9 Å². The van der Waals surface area contributed by atoms with Crippen molar-refractivity contribution < 1.29 is 9.53 Å². The SMILES string of the molecule is COc1ccccc1CCC(=O)N(C)Cc1nc(N2CCCC2)ncc1-c1ccncc1. The largest absolute Gasteiger partial charge is 0.496 e. The Kier molecular flexibility index (Phi) is 6.94. The van der Waals surface area contributed by atoms with Crippen molar-refractivity contribution in [2.75, 3.05) is 32.1 Å². The van der Waals surface area contributed by atoms with Crippen LogP contribution < -0.4 is 9.64 Å². The first kappa shape index (κ1) is 21.7. The van der Waals surface area contributed by atoms with E-state index in [0.29, 0.717) is 19.4 Å². The lowest BCUT2D eigenvalue weighted by Gasteiger charge is -2.21. The maximum absolute atomic E-state index is 12.9. The number of methoxy groups -OCH3 is 1. The molecule has 0 atom stereocenters. The Morgan fingerprint density at radius 3 is 2.62 bits per heavy atom. The van der Waals surface area contributed by atoms with E-state index in [4.69, 9.17) is 9.72 Å². The van der Waals surface area contributed by atoms with Gasteiger partial charge in [0.25, 0.3) is 0 Å². The molecule has 1 aliphatic rings. The second kappa shape index (κ2) is 10.2. The van der Waals surface area contributed by atoms with E-state index in [1.807, 2.05) is 49.6 Å². The number of ether oxygens (including phenoxy) is 1. The van der Waals surface area contributed by atoms with Gasteiger partial charge in [-0.1, -0.05) is 18.2 Å². The molecule has 32 heavy (non-hydrogen) atoms. The van der Waals surface area contributed by atoms with Gasteiger partial charge in [-0.05, 0) is 48.6 Å². The van der Waals surface area contributed by atoms with Crippen LogP contribution in [0.2, 0.25) is 0 Å². The average molecular weight is 432 g/mol. The summed E-state index contributed by atoms with van der Waals surface area (Å²) in [5, 5.41) is 0. The zero-order valence-electron chi connectivity index (χ0n) is 18.7. The Bertz CT molecular complexity index is 1050. The molecule has 0 aliphatic carbocycles. The minimum absolute atomic E-state index is 0.0675. The Morgan fingerprint density at radius 1 is 1.12 bits per heavy atom. The fourth-order valence-corrected chi connectivity index (χ4v) is 4.02. The minimum atomic E-state index is 0.0675. The Balaban J connectivity index is 1.51. The Morgan fingerprint density at radius 2 is 1.88 bits per heavy atom. The number of rotatable bonds is 8. The van der Waals surface area contributed by atoms with Crippen molar-refractivity contribution in [2.24, 2.45) is 0 Å². The fourth-order valence-electron chi connectivity index (χ4n) is 4.02. The minimum Gasteiger partial charge on any atom is -0.496 e. The number of carbonyl (C=O) groups excluding carboxylic acids is 1. The number of aryl methyl sites for hydroxylation is 1. The number of para-hydroxylation sites is 1. The summed E-state index contributed by atoms with van der Waals surface area (Å²) in [6.45, 7) is 2.37. The van der Waals surface area contributed by atoms with Crippen LogP contribution >= 0.6 is 0 Å². The van der Waals surface area contributed by atoms with Crippen molar-refractivity contribution in [2.45, 2.75) is 32.2 Å². The van der Waals surface area contributed by atoms with Crippen molar-refractivity contribution >= 4 is 11.9 Å². The predicted octanol–water partition coefficient (Wildman–Crippen LogP) is 3.74. The number of hydrogen-bond donors (Lipinski definition) is 0. The van der Waals surface area contributed by atoms with Gasteiger partial charge in [-0.2, -0.15) is 0 Å². The van der Waals surface area contributed by atoms with E-state index in [1.54, 1.807) is 24.4 Å². The van der Waals surface area contributed by atoms with E-state index in [0.717, 1.165) is 60.0 Å². The highest BCUT2D eigenvalue weighted by Crippen LogP contribution is 2.26. The molecule has 1 aliphatic heterocycles. The summed E-state index contributed by atoms with van der Waals surface area (Å²) < 4.78 is 5.41. The van der Waals surface area contributed by atoms with Gasteiger partial charge in [0.15, 0.2) is 0 Å². The molecule has 0 unspecified atom stereocenters. The molecule has 0 bridgehead atoms. The molecule has 1 saturated heterocycles. The molecule has 7 heteroatoms. The lowest BCUT2D eigenvalue weighted by molar-refractivity contribution is -0.130. The van der Waals surface area contributed by atoms with Gasteiger partial charge in [0.2, 0.25) is 11.9 Å². The highest BCUT2D eigenvalue weighted by atomic mass is 16.5. The summed E-state index contributed by atoms with van der Waals surface area (Å²) in [6.07, 6.45) is 8.75. The lowest BCUT2D eigenvalue weighted by Crippen LogP contribution is -2.28. The summed E-state index contributed by atoms with van der Waals surface area (Å²) in [5.74, 6) is 1.62. The molecule has 166 valence electrons. The quantitative estimate of drug-likeness (QED) is 0.541. The molecule has 1 amide bonds. The third kappa shape index (κ3) is 5.04. The maximum Gasteiger partial charge on any atom is 0.225 e. The number of hydrogen-bond acceptors (Lipinski definition) is 6. The summed E-state index contributed by atoms with van der Waals surface area (Å²) >= 11 is 0. The number of anilines is 1. The van der Waals surface area contributed by atoms with Gasteiger partial charge in [-0.25, -0.2) is 9.97 Å². The topological polar surface area (TPSA) is 71.5 Å². The zero-order valence-corrected chi connectivity index (χ0v) is 18.7. The number of carbonyl (C=O) groups is 1. The molecule has 0 radical (unpaired) electrons. The maximum atomic E-state index is 12.9. The van der Waals surface area contributed by atoms with Gasteiger partial charge in [-0.3, -0.25) is 9.78 Å². The van der Waals surface area contributed by atoms with Gasteiger partial charge >= 0.3 is 0 Å². The van der Waals surface area contributed by atoms with Gasteiger partial charge in [-0.15, -0.1) is 0 Å². The van der Waals surface area contributed by atoms with Crippen LogP contribution in [0.25, 0.3) is 11.1 Å². The first-order valence-corrected chi connectivity index (χ1v) is 11.0. The summed E-state index contributed by atoms with van der Waals surface area (Å²) in [6, 6.07) is 11.7. The first-order valence-electron chi connectivity index (χ1n) is 11.0. The van der Waals surface area contributed by atoms with Crippen LogP contribution in [0, 0.1) is 0 Å². The number of pyridine rings is 1. The van der Waals surface area contributed by atoms with Gasteiger partial charge in [0, 0.05) is 50.7 Å². The van der Waals surface area contributed by atoms with Gasteiger partial charge < -0.3 is 14.5 Å². The van der Waals surface area contributed by atoms with E-state index < -0.39 is 0 Å². The average Bonchev–Trinajstić information content (AvgIpc) is 3.38. The number of amides is 1. The lowest BCUT2D eigenvalue weighted by atomic mass is 10.1. The second-order valence-electron chi connectivity index (χ2n) is 8.02. The van der Waals surface area contributed by atoms with Crippen molar-refractivity contribution in [1.82, 2.24) is 19.9 Å². The standard InChI is InChI=1S/C25H29N5O2/c1-29(24(31)10-9-20-7-3-4-8-23(20)32-2)18-22-21(19-11-13-26-14-12-19)17-27-25(28-22)30-15-5-6-16-30/h3-4,7-8,11-14,17H,5-6,9-10,15-16,18H2,1-2H3. The molecular weight excluding hydrogens is 402 g/mol. The summed E-state index contributed by atoms with van der Waals surface area (Å²) in [5.41, 5.74) is 3.81. The van der Waals surface area contributed by atoms with Crippen molar-refractivity contribution in [3.05, 3.63) is 66.2 Å². The van der Waals surface area contributed by atoms with Crippen molar-refractivity contribution in [1.29, 1.82) is 0 Å². The molecule has 3 aromatic rings. The van der Waals surface area contributed by atoms with Crippen LogP contribution in [0.1, 0.15) is 30.5 Å². The van der Waals surface area contributed by atoms with Gasteiger partial charge in [0.1, 0.15) is 5.75 Å². The summed E-state index contributed by atoms with van der Waals surface area (Å²) in [7, 11) is 3.49. The fraction of sp³-hybridized carbons (Fsp3) is 0.360. The van der Waals surface area contributed by atoms with Crippen LogP contribution in [0.4, 0.5) is 5.95 Å². The Hall–Kier alpha value is -3.48. The van der Waals surface area contributed by atoms with E-state index in [9.17, 15) is 4.79 Å². The summed E-state index contributed by atoms with van der Waals surface area (Å²) in [4.78, 5) is 30.5. The van der Waals surface area contributed by atoms with Crippen LogP contribution in [-0.2, 0) is 17.8 Å². The highest BCUT2D eigenvalue weighted by molar-refractivity contribution is 5.76. The molecule has 7 nitrogen and oxygen atoms in total. The molecule has 2 aromatic heterocycles. The third-order valence-electron chi connectivity index (χ3n) is 5.85. The van der Waals surface area contributed by atoms with Crippen LogP contribution in [-0.4, -0.2) is 53.0 Å². The van der Waals surface area contributed by atoms with E-state index in [1.165, 1.54) is 0 Å². The number of benzene rings is 1. The third-order valence-corrected chi connectivity index (χ3v) is 5.85. The number of nitrogens with zero attached hydrogens (tertiary/aromatic N) is 5. The number of aromatic nitrogens is 3. The smallest absolute Gasteiger partial charge is 0.225 e. The van der Waals surface area contributed by atoms with Crippen LogP contribution in [0.3, 0.4) is 0 Å². The molecule has 0 N–H and O–H groups in total. The van der Waals surface area contributed by atoms with Crippen LogP contribution in [0.15, 0.2) is 55.0 Å². The molecule has 4 rings (SSSR count). The molecule has 3 heterocycles. The molecular formula is C25H29N5O2. The van der Waals surface area contributed by atoms with E-state index >= 15 is 0 Å². The van der Waals surface area contributed by atoms with E-state index in [2.05, 4.69) is 14.9 Å². The monoisotopic (exact) mass is 431 g/mol. The normalized spacial score (nSPS) is 13.2.